The fourth-order valence-corrected chi connectivity index (χ4v) is 5.33. The molecule has 0 spiro atoms. The standard InChI is InChI=1S/C27H34FN3O3/c28-20-9-11-23(18-6-7-18)24(16-20)25(27(32)33)31-14-12-22(17-31)34-15-2-1-5-21-10-8-19-4-3-13-29-26(19)30-21/h8-11,16,18,22,25H,1-7,12-15,17H2,(H,29,30)(H,32,33)/t22-,25?/m1/s1. The molecule has 2 atom stereocenters. The Morgan fingerprint density at radius 3 is 2.94 bits per heavy atom. The zero-order valence-corrected chi connectivity index (χ0v) is 19.6. The minimum absolute atomic E-state index is 0.0193. The number of carbonyl (C=O) groups is 1. The number of nitrogens with one attached hydrogen (secondary N) is 1. The third-order valence-electron chi connectivity index (χ3n) is 7.27. The highest BCUT2D eigenvalue weighted by atomic mass is 19.1. The van der Waals surface area contributed by atoms with Gasteiger partial charge in [-0.1, -0.05) is 12.1 Å². The number of aliphatic carboxylic acids is 1. The van der Waals surface area contributed by atoms with E-state index in [-0.39, 0.29) is 11.9 Å². The number of carboxylic acid groups (broad SMARTS) is 1. The fourth-order valence-electron chi connectivity index (χ4n) is 5.33. The molecule has 34 heavy (non-hydrogen) atoms. The molecule has 2 N–H and O–H groups in total. The van der Waals surface area contributed by atoms with E-state index in [1.807, 2.05) is 4.90 Å². The van der Waals surface area contributed by atoms with Gasteiger partial charge in [0.05, 0.1) is 6.10 Å². The Hall–Kier alpha value is -2.51. The van der Waals surface area contributed by atoms with E-state index >= 15 is 0 Å². The predicted octanol–water partition coefficient (Wildman–Crippen LogP) is 4.70. The molecule has 2 fully saturated rings. The van der Waals surface area contributed by atoms with Gasteiger partial charge in [0.15, 0.2) is 0 Å². The van der Waals surface area contributed by atoms with Crippen molar-refractivity contribution in [1.82, 2.24) is 9.88 Å². The van der Waals surface area contributed by atoms with Gasteiger partial charge in [-0.25, -0.2) is 9.37 Å². The molecule has 182 valence electrons. The van der Waals surface area contributed by atoms with Crippen molar-refractivity contribution in [3.8, 4) is 0 Å². The summed E-state index contributed by atoms with van der Waals surface area (Å²) in [5.74, 6) is 0.122. The van der Waals surface area contributed by atoms with E-state index < -0.39 is 12.0 Å². The highest BCUT2D eigenvalue weighted by Gasteiger charge is 2.37. The van der Waals surface area contributed by atoms with Crippen molar-refractivity contribution in [1.29, 1.82) is 0 Å². The lowest BCUT2D eigenvalue weighted by molar-refractivity contribution is -0.143. The molecule has 1 saturated heterocycles. The maximum Gasteiger partial charge on any atom is 0.325 e. The fraction of sp³-hybridized carbons (Fsp3) is 0.556. The number of unbranched alkanes of at least 4 members (excludes halogenated alkanes) is 1. The quantitative estimate of drug-likeness (QED) is 0.494. The number of fused-ring (bicyclic) bond motifs is 1. The number of likely N-dealkylation sites (tertiary alicyclic amines) is 1. The van der Waals surface area contributed by atoms with Crippen molar-refractivity contribution >= 4 is 11.8 Å². The molecule has 0 amide bonds. The summed E-state index contributed by atoms with van der Waals surface area (Å²) >= 11 is 0. The molecule has 0 radical (unpaired) electrons. The number of nitrogens with zero attached hydrogens (tertiary/aromatic N) is 2. The molecule has 7 heteroatoms. The van der Waals surface area contributed by atoms with Gasteiger partial charge < -0.3 is 15.2 Å². The van der Waals surface area contributed by atoms with Gasteiger partial charge in [0, 0.05) is 31.9 Å². The van der Waals surface area contributed by atoms with Crippen LogP contribution in [0.2, 0.25) is 0 Å². The zero-order chi connectivity index (χ0) is 23.5. The van der Waals surface area contributed by atoms with E-state index in [1.54, 1.807) is 6.07 Å². The number of aromatic nitrogens is 1. The largest absolute Gasteiger partial charge is 0.480 e. The lowest BCUT2D eigenvalue weighted by Crippen LogP contribution is -2.34. The summed E-state index contributed by atoms with van der Waals surface area (Å²) in [7, 11) is 0. The summed E-state index contributed by atoms with van der Waals surface area (Å²) in [4.78, 5) is 18.9. The molecule has 1 saturated carbocycles. The van der Waals surface area contributed by atoms with Crippen LogP contribution in [0, 0.1) is 5.82 Å². The molecule has 2 aliphatic heterocycles. The van der Waals surface area contributed by atoms with E-state index in [2.05, 4.69) is 17.4 Å². The van der Waals surface area contributed by atoms with Gasteiger partial charge in [-0.3, -0.25) is 9.69 Å². The zero-order valence-electron chi connectivity index (χ0n) is 19.6. The van der Waals surface area contributed by atoms with Crippen LogP contribution in [0.4, 0.5) is 10.2 Å². The van der Waals surface area contributed by atoms with Crippen LogP contribution >= 0.6 is 0 Å². The Balaban J connectivity index is 1.10. The van der Waals surface area contributed by atoms with Crippen LogP contribution in [0.25, 0.3) is 0 Å². The lowest BCUT2D eigenvalue weighted by Gasteiger charge is -2.26. The second-order valence-electron chi connectivity index (χ2n) is 9.86. The van der Waals surface area contributed by atoms with Gasteiger partial charge in [-0.05, 0) is 92.2 Å². The van der Waals surface area contributed by atoms with Crippen LogP contribution in [0.5, 0.6) is 0 Å². The molecule has 3 aliphatic rings. The molecule has 1 unspecified atom stereocenters. The number of anilines is 1. The van der Waals surface area contributed by atoms with Crippen molar-refractivity contribution in [2.75, 3.05) is 31.6 Å². The number of carboxylic acids is 1. The maximum atomic E-state index is 14.0. The molecule has 1 aliphatic carbocycles. The highest BCUT2D eigenvalue weighted by molar-refractivity contribution is 5.76. The third-order valence-corrected chi connectivity index (χ3v) is 7.27. The van der Waals surface area contributed by atoms with E-state index in [1.165, 1.54) is 24.1 Å². The molecule has 6 nitrogen and oxygen atoms in total. The van der Waals surface area contributed by atoms with Crippen molar-refractivity contribution in [2.24, 2.45) is 0 Å². The van der Waals surface area contributed by atoms with E-state index in [0.29, 0.717) is 31.2 Å². The first-order valence-electron chi connectivity index (χ1n) is 12.7. The SMILES string of the molecule is O=C(O)C(c1cc(F)ccc1C1CC1)N1CC[C@@H](OCCCCc2ccc3c(n2)NCCC3)C1. The van der Waals surface area contributed by atoms with Crippen molar-refractivity contribution in [3.05, 3.63) is 58.5 Å². The number of halogens is 1. The van der Waals surface area contributed by atoms with Gasteiger partial charge in [0.1, 0.15) is 17.7 Å². The first kappa shape index (κ1) is 23.2. The van der Waals surface area contributed by atoms with Crippen LogP contribution in [-0.4, -0.2) is 53.3 Å². The Bertz CT molecular complexity index is 1030. The second-order valence-corrected chi connectivity index (χ2v) is 9.86. The molecule has 0 bridgehead atoms. The maximum absolute atomic E-state index is 14.0. The van der Waals surface area contributed by atoms with Crippen LogP contribution in [0.1, 0.15) is 72.9 Å². The first-order valence-corrected chi connectivity index (χ1v) is 12.7. The summed E-state index contributed by atoms with van der Waals surface area (Å²) < 4.78 is 20.1. The molecule has 2 aromatic rings. The Labute approximate surface area is 200 Å². The van der Waals surface area contributed by atoms with Crippen LogP contribution in [-0.2, 0) is 22.4 Å². The number of benzene rings is 1. The minimum Gasteiger partial charge on any atom is -0.480 e. The van der Waals surface area contributed by atoms with Crippen LogP contribution < -0.4 is 5.32 Å². The van der Waals surface area contributed by atoms with Gasteiger partial charge in [-0.15, -0.1) is 0 Å². The van der Waals surface area contributed by atoms with Gasteiger partial charge in [0.25, 0.3) is 0 Å². The summed E-state index contributed by atoms with van der Waals surface area (Å²) in [6.07, 6.45) is 8.07. The number of aryl methyl sites for hydroxylation is 2. The lowest BCUT2D eigenvalue weighted by atomic mass is 9.96. The predicted molar refractivity (Wildman–Crippen MR) is 129 cm³/mol. The smallest absolute Gasteiger partial charge is 0.325 e. The number of pyridine rings is 1. The average Bonchev–Trinajstić information content (AvgIpc) is 3.57. The van der Waals surface area contributed by atoms with Crippen LogP contribution in [0.3, 0.4) is 0 Å². The van der Waals surface area contributed by atoms with E-state index in [0.717, 1.165) is 68.6 Å². The molecule has 1 aromatic carbocycles. The highest BCUT2D eigenvalue weighted by Crippen LogP contribution is 2.44. The molecular formula is C27H34FN3O3. The van der Waals surface area contributed by atoms with Gasteiger partial charge in [-0.2, -0.15) is 0 Å². The number of hydrogen-bond acceptors (Lipinski definition) is 5. The monoisotopic (exact) mass is 467 g/mol. The molecule has 3 heterocycles. The number of hydrogen-bond donors (Lipinski definition) is 2. The van der Waals surface area contributed by atoms with Gasteiger partial charge in [0.2, 0.25) is 0 Å². The van der Waals surface area contributed by atoms with Crippen LogP contribution in [0.15, 0.2) is 30.3 Å². The molecule has 1 aromatic heterocycles. The average molecular weight is 468 g/mol. The second kappa shape index (κ2) is 10.4. The molecular weight excluding hydrogens is 433 g/mol. The Kier molecular flexibility index (Phi) is 7.11. The van der Waals surface area contributed by atoms with Crippen molar-refractivity contribution < 1.29 is 19.0 Å². The summed E-state index contributed by atoms with van der Waals surface area (Å²) in [5, 5.41) is 13.4. The topological polar surface area (TPSA) is 74.7 Å². The Morgan fingerprint density at radius 1 is 1.24 bits per heavy atom. The number of ether oxygens (including phenoxy) is 1. The van der Waals surface area contributed by atoms with Crippen molar-refractivity contribution in [2.45, 2.75) is 69.4 Å². The van der Waals surface area contributed by atoms with Gasteiger partial charge >= 0.3 is 5.97 Å². The summed E-state index contributed by atoms with van der Waals surface area (Å²) in [6.45, 7) is 2.87. The van der Waals surface area contributed by atoms with Crippen molar-refractivity contribution in [3.63, 3.8) is 0 Å². The third kappa shape index (κ3) is 5.41. The minimum atomic E-state index is -0.916. The van der Waals surface area contributed by atoms with E-state index in [9.17, 15) is 14.3 Å². The summed E-state index contributed by atoms with van der Waals surface area (Å²) in [6, 6.07) is 8.15. The number of rotatable bonds is 10. The van der Waals surface area contributed by atoms with E-state index in [4.69, 9.17) is 9.72 Å². The normalized spacial score (nSPS) is 21.1. The first-order chi connectivity index (χ1) is 16.6. The molecule has 5 rings (SSSR count). The Morgan fingerprint density at radius 2 is 2.12 bits per heavy atom. The summed E-state index contributed by atoms with van der Waals surface area (Å²) in [5.41, 5.74) is 4.03.